The molecule has 0 unspecified atom stereocenters. The second-order valence-electron chi connectivity index (χ2n) is 5.78. The molecule has 0 aliphatic rings. The average Bonchev–Trinajstić information content (AvgIpc) is 3.02. The van der Waals surface area contributed by atoms with Crippen LogP contribution >= 0.6 is 0 Å². The van der Waals surface area contributed by atoms with Gasteiger partial charge in [-0.25, -0.2) is 4.98 Å². The monoisotopic (exact) mass is 288 g/mol. The third-order valence-electron chi connectivity index (χ3n) is 3.86. The van der Waals surface area contributed by atoms with Gasteiger partial charge in [-0.05, 0) is 54.3 Å². The lowest BCUT2D eigenvalue weighted by molar-refractivity contribution is 0.687. The molecule has 2 heterocycles. The summed E-state index contributed by atoms with van der Waals surface area (Å²) in [5, 5.41) is 17.3. The van der Waals surface area contributed by atoms with Gasteiger partial charge in [-0.1, -0.05) is 18.7 Å². The first-order chi connectivity index (χ1) is 10.5. The highest BCUT2D eigenvalue weighted by Crippen LogP contribution is 2.32. The number of nitriles is 1. The van der Waals surface area contributed by atoms with Crippen molar-refractivity contribution in [1.29, 1.82) is 5.26 Å². The van der Waals surface area contributed by atoms with Gasteiger partial charge in [0, 0.05) is 11.6 Å². The van der Waals surface area contributed by atoms with Crippen LogP contribution in [0, 0.1) is 11.3 Å². The molecule has 4 nitrogen and oxygen atoms in total. The van der Waals surface area contributed by atoms with Gasteiger partial charge in [0.15, 0.2) is 5.65 Å². The van der Waals surface area contributed by atoms with Gasteiger partial charge >= 0.3 is 0 Å². The van der Waals surface area contributed by atoms with E-state index in [0.29, 0.717) is 0 Å². The summed E-state index contributed by atoms with van der Waals surface area (Å²) in [6.45, 7) is 7.68. The minimum absolute atomic E-state index is 0.559. The molecule has 108 valence electrons. The minimum Gasteiger partial charge on any atom is -0.261 e. The average molecular weight is 288 g/mol. The standard InChI is InChI=1S/C18H16N4/c1-4-12-7-13(9-14(8-12)18(2,3)11-19)15-5-6-20-17-16(15)10-21-22-17/h4-10H,1H2,2-3H3,(H,20,21,22). The number of nitrogens with one attached hydrogen (secondary N) is 1. The summed E-state index contributed by atoms with van der Waals surface area (Å²) in [6.07, 6.45) is 5.33. The van der Waals surface area contributed by atoms with Crippen molar-refractivity contribution in [2.45, 2.75) is 19.3 Å². The van der Waals surface area contributed by atoms with Gasteiger partial charge in [0.1, 0.15) is 0 Å². The van der Waals surface area contributed by atoms with E-state index in [2.05, 4.69) is 40.0 Å². The number of rotatable bonds is 3. The predicted molar refractivity (Wildman–Crippen MR) is 88.1 cm³/mol. The molecular weight excluding hydrogens is 272 g/mol. The van der Waals surface area contributed by atoms with Crippen molar-refractivity contribution in [1.82, 2.24) is 15.2 Å². The highest BCUT2D eigenvalue weighted by molar-refractivity contribution is 5.92. The van der Waals surface area contributed by atoms with Crippen LogP contribution in [0.25, 0.3) is 28.2 Å². The van der Waals surface area contributed by atoms with Crippen LogP contribution in [0.4, 0.5) is 0 Å². The molecule has 0 saturated carbocycles. The first-order valence-corrected chi connectivity index (χ1v) is 7.03. The van der Waals surface area contributed by atoms with Crippen molar-refractivity contribution < 1.29 is 0 Å². The molecule has 0 bridgehead atoms. The Labute approximate surface area is 129 Å². The third-order valence-corrected chi connectivity index (χ3v) is 3.86. The molecule has 3 aromatic rings. The van der Waals surface area contributed by atoms with Crippen LogP contribution in [0.5, 0.6) is 0 Å². The first kappa shape index (κ1) is 14.0. The first-order valence-electron chi connectivity index (χ1n) is 7.03. The van der Waals surface area contributed by atoms with E-state index in [0.717, 1.165) is 33.3 Å². The zero-order chi connectivity index (χ0) is 15.7. The van der Waals surface area contributed by atoms with Crippen LogP contribution in [0.15, 0.2) is 43.2 Å². The molecule has 0 radical (unpaired) electrons. The number of H-pyrrole nitrogens is 1. The van der Waals surface area contributed by atoms with Crippen LogP contribution < -0.4 is 0 Å². The summed E-state index contributed by atoms with van der Waals surface area (Å²) in [4.78, 5) is 4.27. The molecule has 0 fully saturated rings. The van der Waals surface area contributed by atoms with Crippen LogP contribution in [-0.4, -0.2) is 15.2 Å². The van der Waals surface area contributed by atoms with E-state index in [4.69, 9.17) is 0 Å². The fourth-order valence-corrected chi connectivity index (χ4v) is 2.45. The van der Waals surface area contributed by atoms with E-state index in [9.17, 15) is 5.26 Å². The number of hydrogen-bond acceptors (Lipinski definition) is 3. The van der Waals surface area contributed by atoms with Crippen molar-refractivity contribution in [2.24, 2.45) is 0 Å². The maximum absolute atomic E-state index is 9.41. The van der Waals surface area contributed by atoms with E-state index in [1.807, 2.05) is 26.0 Å². The van der Waals surface area contributed by atoms with E-state index in [1.165, 1.54) is 0 Å². The highest BCUT2D eigenvalue weighted by atomic mass is 15.1. The summed E-state index contributed by atoms with van der Waals surface area (Å²) in [6, 6.07) is 10.4. The Bertz CT molecular complexity index is 897. The van der Waals surface area contributed by atoms with Crippen LogP contribution in [0.2, 0.25) is 0 Å². The Morgan fingerprint density at radius 1 is 1.32 bits per heavy atom. The molecule has 0 aliphatic heterocycles. The highest BCUT2D eigenvalue weighted by Gasteiger charge is 2.21. The molecule has 0 saturated heterocycles. The number of aromatic nitrogens is 3. The molecule has 2 aromatic heterocycles. The summed E-state index contributed by atoms with van der Waals surface area (Å²) >= 11 is 0. The summed E-state index contributed by atoms with van der Waals surface area (Å²) < 4.78 is 0. The summed E-state index contributed by atoms with van der Waals surface area (Å²) in [5.74, 6) is 0. The van der Waals surface area contributed by atoms with Gasteiger partial charge in [-0.2, -0.15) is 10.4 Å². The van der Waals surface area contributed by atoms with Crippen molar-refractivity contribution in [3.63, 3.8) is 0 Å². The lowest BCUT2D eigenvalue weighted by atomic mass is 9.83. The molecule has 0 aliphatic carbocycles. The van der Waals surface area contributed by atoms with E-state index >= 15 is 0 Å². The minimum atomic E-state index is -0.559. The maximum Gasteiger partial charge on any atom is 0.155 e. The Hall–Kier alpha value is -2.93. The molecule has 1 N–H and O–H groups in total. The lowest BCUT2D eigenvalue weighted by Gasteiger charge is -2.18. The SMILES string of the molecule is C=Cc1cc(-c2ccnc3[nH]ncc23)cc(C(C)(C)C#N)c1. The quantitative estimate of drug-likeness (QED) is 0.790. The van der Waals surface area contributed by atoms with Crippen molar-refractivity contribution in [3.05, 3.63) is 54.4 Å². The summed E-state index contributed by atoms with van der Waals surface area (Å²) in [5.41, 5.74) is 4.22. The Morgan fingerprint density at radius 2 is 2.14 bits per heavy atom. The number of aromatic amines is 1. The van der Waals surface area contributed by atoms with E-state index in [-0.39, 0.29) is 0 Å². The zero-order valence-corrected chi connectivity index (χ0v) is 12.6. The second-order valence-corrected chi connectivity index (χ2v) is 5.78. The largest absolute Gasteiger partial charge is 0.261 e. The number of fused-ring (bicyclic) bond motifs is 1. The second kappa shape index (κ2) is 5.12. The fraction of sp³-hybridized carbons (Fsp3) is 0.167. The molecular formula is C18H16N4. The van der Waals surface area contributed by atoms with Gasteiger partial charge in [0.25, 0.3) is 0 Å². The molecule has 0 amide bonds. The molecule has 0 spiro atoms. The normalized spacial score (nSPS) is 11.3. The number of hydrogen-bond donors (Lipinski definition) is 1. The molecule has 3 rings (SSSR count). The lowest BCUT2D eigenvalue weighted by Crippen LogP contribution is -2.14. The molecule has 0 atom stereocenters. The van der Waals surface area contributed by atoms with Gasteiger partial charge in [0.05, 0.1) is 17.7 Å². The van der Waals surface area contributed by atoms with Crippen molar-refractivity contribution >= 4 is 17.1 Å². The Kier molecular flexibility index (Phi) is 3.26. The van der Waals surface area contributed by atoms with Crippen molar-refractivity contribution in [3.8, 4) is 17.2 Å². The number of pyridine rings is 1. The maximum atomic E-state index is 9.41. The fourth-order valence-electron chi connectivity index (χ4n) is 2.45. The predicted octanol–water partition coefficient (Wildman–Crippen LogP) is 4.07. The van der Waals surface area contributed by atoms with Crippen LogP contribution in [-0.2, 0) is 5.41 Å². The number of nitrogens with zero attached hydrogens (tertiary/aromatic N) is 3. The third kappa shape index (κ3) is 2.27. The van der Waals surface area contributed by atoms with Gasteiger partial charge in [-0.15, -0.1) is 0 Å². The van der Waals surface area contributed by atoms with Gasteiger partial charge in [-0.3, -0.25) is 5.10 Å². The Balaban J connectivity index is 2.27. The Morgan fingerprint density at radius 3 is 2.86 bits per heavy atom. The van der Waals surface area contributed by atoms with Gasteiger partial charge < -0.3 is 0 Å². The smallest absolute Gasteiger partial charge is 0.155 e. The number of benzene rings is 1. The molecule has 4 heteroatoms. The summed E-state index contributed by atoms with van der Waals surface area (Å²) in [7, 11) is 0. The molecule has 22 heavy (non-hydrogen) atoms. The topological polar surface area (TPSA) is 65.4 Å². The zero-order valence-electron chi connectivity index (χ0n) is 12.6. The van der Waals surface area contributed by atoms with Crippen molar-refractivity contribution in [2.75, 3.05) is 0 Å². The van der Waals surface area contributed by atoms with Crippen LogP contribution in [0.1, 0.15) is 25.0 Å². The van der Waals surface area contributed by atoms with E-state index in [1.54, 1.807) is 18.5 Å². The van der Waals surface area contributed by atoms with Gasteiger partial charge in [0.2, 0.25) is 0 Å². The van der Waals surface area contributed by atoms with Crippen LogP contribution in [0.3, 0.4) is 0 Å². The van der Waals surface area contributed by atoms with E-state index < -0.39 is 5.41 Å². The molecule has 1 aromatic carbocycles.